The zero-order valence-electron chi connectivity index (χ0n) is 13.3. The first kappa shape index (κ1) is 15.4. The zero-order chi connectivity index (χ0) is 15.6. The van der Waals surface area contributed by atoms with Crippen LogP contribution in [0.15, 0.2) is 12.3 Å². The Hall–Kier alpha value is -1.49. The highest BCUT2D eigenvalue weighted by Gasteiger charge is 2.37. The fourth-order valence-corrected chi connectivity index (χ4v) is 3.80. The third-order valence-electron chi connectivity index (χ3n) is 4.98. The number of aliphatic hydroxyl groups is 1. The van der Waals surface area contributed by atoms with Crippen LogP contribution in [-0.2, 0) is 4.79 Å². The highest BCUT2D eigenvalue weighted by molar-refractivity contribution is 5.78. The van der Waals surface area contributed by atoms with Gasteiger partial charge in [-0.05, 0) is 38.7 Å². The molecule has 2 aliphatic rings. The molecule has 0 radical (unpaired) electrons. The molecule has 2 fully saturated rings. The summed E-state index contributed by atoms with van der Waals surface area (Å²) >= 11 is 0. The van der Waals surface area contributed by atoms with Crippen LogP contribution in [0.4, 0.5) is 0 Å². The number of carbonyl (C=O) groups is 1. The van der Waals surface area contributed by atoms with Crippen LogP contribution in [0.25, 0.3) is 0 Å². The fourth-order valence-electron chi connectivity index (χ4n) is 3.80. The van der Waals surface area contributed by atoms with Crippen molar-refractivity contribution in [2.24, 2.45) is 0 Å². The molecule has 1 saturated carbocycles. The molecule has 1 amide bonds. The molecule has 3 rings (SSSR count). The second kappa shape index (κ2) is 6.32. The molecule has 0 aromatic carbocycles. The fraction of sp³-hybridized carbons (Fsp3) is 0.706. The van der Waals surface area contributed by atoms with Crippen LogP contribution < -0.4 is 0 Å². The summed E-state index contributed by atoms with van der Waals surface area (Å²) in [5.41, 5.74) is 0.137. The Kier molecular flexibility index (Phi) is 4.43. The Bertz CT molecular complexity index is 540. The largest absolute Gasteiger partial charge is 0.389 e. The van der Waals surface area contributed by atoms with E-state index in [1.165, 1.54) is 6.42 Å². The molecule has 1 aliphatic heterocycles. The van der Waals surface area contributed by atoms with E-state index in [1.54, 1.807) is 6.20 Å². The molecule has 1 unspecified atom stereocenters. The van der Waals surface area contributed by atoms with E-state index in [1.807, 2.05) is 17.9 Å². The van der Waals surface area contributed by atoms with E-state index in [0.29, 0.717) is 0 Å². The smallest absolute Gasteiger partial charge is 0.226 e. The van der Waals surface area contributed by atoms with Crippen molar-refractivity contribution in [2.45, 2.75) is 69.9 Å². The van der Waals surface area contributed by atoms with Gasteiger partial charge in [-0.2, -0.15) is 0 Å². The number of aryl methyl sites for hydroxylation is 1. The molecule has 1 aromatic heterocycles. The molecule has 5 nitrogen and oxygen atoms in total. The predicted octanol–water partition coefficient (Wildman–Crippen LogP) is 2.53. The van der Waals surface area contributed by atoms with Crippen LogP contribution in [0.5, 0.6) is 0 Å². The number of hydrogen-bond acceptors (Lipinski definition) is 4. The predicted molar refractivity (Wildman–Crippen MR) is 83.1 cm³/mol. The van der Waals surface area contributed by atoms with Gasteiger partial charge in [-0.1, -0.05) is 19.3 Å². The van der Waals surface area contributed by atoms with Gasteiger partial charge in [-0.3, -0.25) is 4.79 Å². The molecule has 0 bridgehead atoms. The van der Waals surface area contributed by atoms with Gasteiger partial charge in [0.05, 0.1) is 23.8 Å². The van der Waals surface area contributed by atoms with Crippen molar-refractivity contribution in [2.75, 3.05) is 6.54 Å². The van der Waals surface area contributed by atoms with Crippen LogP contribution in [0.2, 0.25) is 0 Å². The SMILES string of the molecule is Cc1nccc(C2CCCN2C(=O)CC2(O)CCCCC2)n1. The maximum Gasteiger partial charge on any atom is 0.226 e. The Morgan fingerprint density at radius 3 is 2.86 bits per heavy atom. The Morgan fingerprint density at radius 1 is 1.36 bits per heavy atom. The summed E-state index contributed by atoms with van der Waals surface area (Å²) in [6.45, 7) is 2.64. The summed E-state index contributed by atoms with van der Waals surface area (Å²) in [4.78, 5) is 23.2. The van der Waals surface area contributed by atoms with Crippen molar-refractivity contribution in [3.63, 3.8) is 0 Å². The summed E-state index contributed by atoms with van der Waals surface area (Å²) in [5, 5.41) is 10.6. The summed E-state index contributed by atoms with van der Waals surface area (Å²) in [6, 6.07) is 1.94. The van der Waals surface area contributed by atoms with Gasteiger partial charge in [-0.25, -0.2) is 9.97 Å². The lowest BCUT2D eigenvalue weighted by Crippen LogP contribution is -2.40. The van der Waals surface area contributed by atoms with Crippen molar-refractivity contribution in [1.29, 1.82) is 0 Å². The monoisotopic (exact) mass is 303 g/mol. The first-order valence-corrected chi connectivity index (χ1v) is 8.39. The Labute approximate surface area is 131 Å². The third kappa shape index (κ3) is 3.29. The van der Waals surface area contributed by atoms with Crippen molar-refractivity contribution in [1.82, 2.24) is 14.9 Å². The normalized spacial score (nSPS) is 24.5. The topological polar surface area (TPSA) is 66.3 Å². The number of aromatic nitrogens is 2. The van der Waals surface area contributed by atoms with Gasteiger partial charge in [0.1, 0.15) is 5.82 Å². The minimum absolute atomic E-state index is 0.0430. The number of rotatable bonds is 3. The van der Waals surface area contributed by atoms with Crippen molar-refractivity contribution < 1.29 is 9.90 Å². The highest BCUT2D eigenvalue weighted by atomic mass is 16.3. The minimum atomic E-state index is -0.788. The summed E-state index contributed by atoms with van der Waals surface area (Å²) in [6.07, 6.45) is 8.69. The van der Waals surface area contributed by atoms with E-state index in [-0.39, 0.29) is 18.4 Å². The van der Waals surface area contributed by atoms with Crippen LogP contribution in [0.1, 0.15) is 68.9 Å². The van der Waals surface area contributed by atoms with Crippen LogP contribution in [0, 0.1) is 6.92 Å². The van der Waals surface area contributed by atoms with Crippen molar-refractivity contribution in [3.05, 3.63) is 23.8 Å². The second-order valence-corrected chi connectivity index (χ2v) is 6.74. The first-order valence-electron chi connectivity index (χ1n) is 8.39. The van der Waals surface area contributed by atoms with Crippen molar-refractivity contribution >= 4 is 5.91 Å². The summed E-state index contributed by atoms with van der Waals surface area (Å²) in [7, 11) is 0. The molecule has 1 aliphatic carbocycles. The summed E-state index contributed by atoms with van der Waals surface area (Å²) < 4.78 is 0. The van der Waals surface area contributed by atoms with Crippen LogP contribution in [-0.4, -0.2) is 38.0 Å². The molecular formula is C17H25N3O2. The zero-order valence-corrected chi connectivity index (χ0v) is 13.3. The standard InChI is InChI=1S/C17H25N3O2/c1-13-18-10-7-14(19-13)15-6-5-11-20(15)16(21)12-17(22)8-3-2-4-9-17/h7,10,15,22H,2-6,8-9,11-12H2,1H3. The van der Waals surface area contributed by atoms with Gasteiger partial charge in [0.2, 0.25) is 5.91 Å². The van der Waals surface area contributed by atoms with Gasteiger partial charge in [0, 0.05) is 12.7 Å². The van der Waals surface area contributed by atoms with Crippen molar-refractivity contribution in [3.8, 4) is 0 Å². The summed E-state index contributed by atoms with van der Waals surface area (Å²) in [5.74, 6) is 0.811. The molecule has 5 heteroatoms. The number of carbonyl (C=O) groups excluding carboxylic acids is 1. The van der Waals surface area contributed by atoms with Crippen LogP contribution >= 0.6 is 0 Å². The molecule has 1 saturated heterocycles. The van der Waals surface area contributed by atoms with Gasteiger partial charge < -0.3 is 10.0 Å². The lowest BCUT2D eigenvalue weighted by molar-refractivity contribution is -0.138. The van der Waals surface area contributed by atoms with Gasteiger partial charge in [0.25, 0.3) is 0 Å². The third-order valence-corrected chi connectivity index (χ3v) is 4.98. The maximum atomic E-state index is 12.7. The van der Waals surface area contributed by atoms with E-state index in [2.05, 4.69) is 9.97 Å². The minimum Gasteiger partial charge on any atom is -0.389 e. The van der Waals surface area contributed by atoms with Gasteiger partial charge in [-0.15, -0.1) is 0 Å². The molecule has 1 N–H and O–H groups in total. The lowest BCUT2D eigenvalue weighted by atomic mass is 9.82. The average molecular weight is 303 g/mol. The first-order chi connectivity index (χ1) is 10.6. The molecule has 2 heterocycles. The lowest BCUT2D eigenvalue weighted by Gasteiger charge is -2.34. The van der Waals surface area contributed by atoms with Gasteiger partial charge >= 0.3 is 0 Å². The molecule has 0 spiro atoms. The number of hydrogen-bond donors (Lipinski definition) is 1. The highest BCUT2D eigenvalue weighted by Crippen LogP contribution is 2.35. The quantitative estimate of drug-likeness (QED) is 0.932. The second-order valence-electron chi connectivity index (χ2n) is 6.74. The molecule has 22 heavy (non-hydrogen) atoms. The number of nitrogens with zero attached hydrogens (tertiary/aromatic N) is 3. The van der Waals surface area contributed by atoms with Crippen LogP contribution in [0.3, 0.4) is 0 Å². The Morgan fingerprint density at radius 2 is 2.14 bits per heavy atom. The van der Waals surface area contributed by atoms with Gasteiger partial charge in [0.15, 0.2) is 0 Å². The molecule has 120 valence electrons. The molecular weight excluding hydrogens is 278 g/mol. The average Bonchev–Trinajstić information content (AvgIpc) is 2.97. The van der Waals surface area contributed by atoms with E-state index < -0.39 is 5.60 Å². The number of amides is 1. The molecule has 1 atom stereocenters. The maximum absolute atomic E-state index is 12.7. The number of likely N-dealkylation sites (tertiary alicyclic amines) is 1. The van der Waals surface area contributed by atoms with E-state index in [9.17, 15) is 9.90 Å². The van der Waals surface area contributed by atoms with E-state index in [4.69, 9.17) is 0 Å². The Balaban J connectivity index is 1.71. The molecule has 1 aromatic rings. The van der Waals surface area contributed by atoms with E-state index in [0.717, 1.165) is 56.6 Å². The van der Waals surface area contributed by atoms with E-state index >= 15 is 0 Å².